The van der Waals surface area contributed by atoms with Gasteiger partial charge in [0.05, 0.1) is 6.54 Å². The van der Waals surface area contributed by atoms with Crippen molar-refractivity contribution in [2.75, 3.05) is 19.6 Å². The Kier molecular flexibility index (Phi) is 3.90. The Morgan fingerprint density at radius 1 is 1.56 bits per heavy atom. The van der Waals surface area contributed by atoms with Crippen molar-refractivity contribution in [3.63, 3.8) is 0 Å². The number of likely N-dealkylation sites (tertiary alicyclic amines) is 1. The minimum atomic E-state index is 0.669. The molecule has 1 aliphatic heterocycles. The van der Waals surface area contributed by atoms with Gasteiger partial charge in [0, 0.05) is 13.1 Å². The average Bonchev–Trinajstić information content (AvgIpc) is 2.90. The van der Waals surface area contributed by atoms with Crippen LogP contribution in [0.4, 0.5) is 0 Å². The molecule has 1 aromatic heterocycles. The van der Waals surface area contributed by atoms with Gasteiger partial charge in [-0.3, -0.25) is 4.90 Å². The fourth-order valence-electron chi connectivity index (χ4n) is 2.26. The van der Waals surface area contributed by atoms with Gasteiger partial charge in [-0.25, -0.2) is 9.67 Å². The summed E-state index contributed by atoms with van der Waals surface area (Å²) < 4.78 is 2.01. The van der Waals surface area contributed by atoms with Gasteiger partial charge >= 0.3 is 0 Å². The van der Waals surface area contributed by atoms with Crippen LogP contribution in [0.3, 0.4) is 0 Å². The fraction of sp³-hybridized carbons (Fsp3) is 0.818. The van der Waals surface area contributed by atoms with Crippen LogP contribution in [0.25, 0.3) is 0 Å². The molecule has 1 atom stereocenters. The third-order valence-electron chi connectivity index (χ3n) is 3.20. The number of rotatable bonds is 5. The summed E-state index contributed by atoms with van der Waals surface area (Å²) in [7, 11) is 0. The average molecular weight is 223 g/mol. The minimum absolute atomic E-state index is 0.669. The molecule has 0 spiro atoms. The van der Waals surface area contributed by atoms with E-state index in [1.807, 2.05) is 4.68 Å². The molecule has 0 aromatic carbocycles. The van der Waals surface area contributed by atoms with Gasteiger partial charge in [0.2, 0.25) is 0 Å². The molecule has 2 rings (SSSR count). The van der Waals surface area contributed by atoms with Crippen molar-refractivity contribution in [1.29, 1.82) is 0 Å². The normalized spacial score (nSPS) is 21.8. The molecule has 0 radical (unpaired) electrons. The van der Waals surface area contributed by atoms with E-state index in [0.29, 0.717) is 5.92 Å². The first kappa shape index (κ1) is 11.5. The van der Waals surface area contributed by atoms with Crippen LogP contribution in [-0.2, 0) is 13.1 Å². The van der Waals surface area contributed by atoms with E-state index in [1.165, 1.54) is 6.42 Å². The van der Waals surface area contributed by atoms with Crippen LogP contribution in [0.1, 0.15) is 25.6 Å². The summed E-state index contributed by atoms with van der Waals surface area (Å²) in [5, 5.41) is 4.24. The summed E-state index contributed by atoms with van der Waals surface area (Å²) in [5.41, 5.74) is 5.69. The lowest BCUT2D eigenvalue weighted by Gasteiger charge is -2.15. The number of nitrogens with zero attached hydrogens (tertiary/aromatic N) is 4. The Morgan fingerprint density at radius 3 is 3.12 bits per heavy atom. The summed E-state index contributed by atoms with van der Waals surface area (Å²) in [6.45, 7) is 7.08. The lowest BCUT2D eigenvalue weighted by molar-refractivity contribution is 0.301. The highest BCUT2D eigenvalue weighted by atomic mass is 15.3. The fourth-order valence-corrected chi connectivity index (χ4v) is 2.26. The van der Waals surface area contributed by atoms with Crippen LogP contribution in [0.5, 0.6) is 0 Å². The third kappa shape index (κ3) is 2.59. The molecule has 2 heterocycles. The van der Waals surface area contributed by atoms with E-state index in [9.17, 15) is 0 Å². The van der Waals surface area contributed by atoms with E-state index in [0.717, 1.165) is 45.0 Å². The Morgan fingerprint density at radius 2 is 2.44 bits per heavy atom. The molecule has 5 nitrogen and oxygen atoms in total. The number of aryl methyl sites for hydroxylation is 1. The van der Waals surface area contributed by atoms with Crippen molar-refractivity contribution in [2.45, 2.75) is 32.9 Å². The molecule has 1 aromatic rings. The Bertz CT molecular complexity index is 322. The number of hydrogen-bond donors (Lipinski definition) is 1. The molecule has 5 heteroatoms. The van der Waals surface area contributed by atoms with Gasteiger partial charge in [-0.15, -0.1) is 0 Å². The third-order valence-corrected chi connectivity index (χ3v) is 3.20. The molecular weight excluding hydrogens is 202 g/mol. The maximum Gasteiger partial charge on any atom is 0.141 e. The van der Waals surface area contributed by atoms with Crippen LogP contribution in [0.15, 0.2) is 6.33 Å². The van der Waals surface area contributed by atoms with Crippen LogP contribution in [0.2, 0.25) is 0 Å². The molecule has 0 saturated carbocycles. The monoisotopic (exact) mass is 223 g/mol. The molecule has 1 saturated heterocycles. The van der Waals surface area contributed by atoms with Crippen molar-refractivity contribution in [3.05, 3.63) is 12.2 Å². The zero-order valence-electron chi connectivity index (χ0n) is 9.97. The van der Waals surface area contributed by atoms with E-state index in [1.54, 1.807) is 6.33 Å². The van der Waals surface area contributed by atoms with E-state index in [-0.39, 0.29) is 0 Å². The van der Waals surface area contributed by atoms with Crippen molar-refractivity contribution >= 4 is 0 Å². The SMILES string of the molecule is CCCn1ncnc1CN1CCC(CN)C1. The number of nitrogens with two attached hydrogens (primary N) is 1. The number of hydrogen-bond acceptors (Lipinski definition) is 4. The largest absolute Gasteiger partial charge is 0.330 e. The lowest BCUT2D eigenvalue weighted by atomic mass is 10.1. The van der Waals surface area contributed by atoms with E-state index >= 15 is 0 Å². The van der Waals surface area contributed by atoms with Gasteiger partial charge in [0.15, 0.2) is 0 Å². The molecule has 0 aliphatic carbocycles. The highest BCUT2D eigenvalue weighted by Gasteiger charge is 2.22. The second kappa shape index (κ2) is 5.41. The van der Waals surface area contributed by atoms with Gasteiger partial charge in [0.1, 0.15) is 12.2 Å². The summed E-state index contributed by atoms with van der Waals surface area (Å²) in [5.74, 6) is 1.75. The predicted octanol–water partition coefficient (Wildman–Crippen LogP) is 0.469. The Labute approximate surface area is 96.6 Å². The van der Waals surface area contributed by atoms with Crippen LogP contribution in [0, 0.1) is 5.92 Å². The van der Waals surface area contributed by atoms with Gasteiger partial charge < -0.3 is 5.73 Å². The van der Waals surface area contributed by atoms with Crippen LogP contribution in [-0.4, -0.2) is 39.3 Å². The molecule has 0 bridgehead atoms. The first-order valence-electron chi connectivity index (χ1n) is 6.12. The Balaban J connectivity index is 1.91. The van der Waals surface area contributed by atoms with Crippen molar-refractivity contribution in [3.8, 4) is 0 Å². The van der Waals surface area contributed by atoms with Crippen molar-refractivity contribution in [2.24, 2.45) is 11.7 Å². The van der Waals surface area contributed by atoms with E-state index in [4.69, 9.17) is 5.73 Å². The molecule has 1 fully saturated rings. The van der Waals surface area contributed by atoms with Gasteiger partial charge in [-0.1, -0.05) is 6.92 Å². The predicted molar refractivity (Wildman–Crippen MR) is 62.8 cm³/mol. The maximum absolute atomic E-state index is 5.69. The first-order valence-corrected chi connectivity index (χ1v) is 6.12. The zero-order valence-corrected chi connectivity index (χ0v) is 9.97. The topological polar surface area (TPSA) is 60.0 Å². The lowest BCUT2D eigenvalue weighted by Crippen LogP contribution is -2.24. The van der Waals surface area contributed by atoms with E-state index in [2.05, 4.69) is 21.9 Å². The summed E-state index contributed by atoms with van der Waals surface area (Å²) in [6, 6.07) is 0. The molecule has 90 valence electrons. The summed E-state index contributed by atoms with van der Waals surface area (Å²) in [6.07, 6.45) is 3.97. The maximum atomic E-state index is 5.69. The molecule has 16 heavy (non-hydrogen) atoms. The van der Waals surface area contributed by atoms with Crippen molar-refractivity contribution in [1.82, 2.24) is 19.7 Å². The molecule has 1 aliphatic rings. The quantitative estimate of drug-likeness (QED) is 0.788. The summed E-state index contributed by atoms with van der Waals surface area (Å²) in [4.78, 5) is 6.75. The standard InChI is InChI=1S/C11H21N5/c1-2-4-16-11(13-9-14-16)8-15-5-3-10(6-12)7-15/h9-10H,2-8,12H2,1H3. The van der Waals surface area contributed by atoms with Crippen LogP contribution >= 0.6 is 0 Å². The second-order valence-electron chi connectivity index (χ2n) is 4.52. The highest BCUT2D eigenvalue weighted by molar-refractivity contribution is 4.87. The smallest absolute Gasteiger partial charge is 0.141 e. The zero-order chi connectivity index (χ0) is 11.4. The number of aromatic nitrogens is 3. The minimum Gasteiger partial charge on any atom is -0.330 e. The van der Waals surface area contributed by atoms with Crippen LogP contribution < -0.4 is 5.73 Å². The molecule has 1 unspecified atom stereocenters. The molecular formula is C11H21N5. The second-order valence-corrected chi connectivity index (χ2v) is 4.52. The Hall–Kier alpha value is -0.940. The summed E-state index contributed by atoms with van der Waals surface area (Å²) >= 11 is 0. The molecule has 2 N–H and O–H groups in total. The highest BCUT2D eigenvalue weighted by Crippen LogP contribution is 2.16. The first-order chi connectivity index (χ1) is 7.83. The molecule has 0 amide bonds. The van der Waals surface area contributed by atoms with Crippen molar-refractivity contribution < 1.29 is 0 Å². The van der Waals surface area contributed by atoms with E-state index < -0.39 is 0 Å². The van der Waals surface area contributed by atoms with Gasteiger partial charge in [-0.05, 0) is 31.8 Å². The van der Waals surface area contributed by atoms with Gasteiger partial charge in [0.25, 0.3) is 0 Å². The van der Waals surface area contributed by atoms with Gasteiger partial charge in [-0.2, -0.15) is 5.10 Å².